The molecule has 3 aromatic rings. The summed E-state index contributed by atoms with van der Waals surface area (Å²) in [4.78, 5) is 25.2. The van der Waals surface area contributed by atoms with Crippen LogP contribution in [-0.2, 0) is 4.74 Å². The lowest BCUT2D eigenvalue weighted by atomic mass is 9.91. The van der Waals surface area contributed by atoms with Gasteiger partial charge in [-0.3, -0.25) is 0 Å². The van der Waals surface area contributed by atoms with Gasteiger partial charge >= 0.3 is 11.9 Å². The number of ether oxygens (including phenoxy) is 3. The Kier molecular flexibility index (Phi) is 4.37. The Morgan fingerprint density at radius 2 is 1.10 bits per heavy atom. The molecule has 2 bridgehead atoms. The second kappa shape index (κ2) is 7.18. The second-order valence-electron chi connectivity index (χ2n) is 7.13. The highest BCUT2D eigenvalue weighted by atomic mass is 16.6. The third kappa shape index (κ3) is 3.30. The lowest BCUT2D eigenvalue weighted by Crippen LogP contribution is -2.13. The molecule has 2 aliphatic heterocycles. The minimum Gasteiger partial charge on any atom is -0.419 e. The number of fused-ring (bicyclic) bond motifs is 5. The molecule has 2 unspecified atom stereocenters. The minimum absolute atomic E-state index is 0.00283. The summed E-state index contributed by atoms with van der Waals surface area (Å²) < 4.78 is 17.2. The Balaban J connectivity index is 1.49. The highest BCUT2D eigenvalue weighted by Gasteiger charge is 2.39. The van der Waals surface area contributed by atoms with E-state index in [1.54, 1.807) is 60.7 Å². The van der Waals surface area contributed by atoms with Gasteiger partial charge in [0.25, 0.3) is 0 Å². The number of carbonyl (C=O) groups is 2. The summed E-state index contributed by atoms with van der Waals surface area (Å²) in [5.41, 5.74) is 2.84. The second-order valence-corrected chi connectivity index (χ2v) is 7.13. The Bertz CT molecular complexity index is 989. The van der Waals surface area contributed by atoms with Crippen LogP contribution in [0.3, 0.4) is 0 Å². The van der Waals surface area contributed by atoms with E-state index in [9.17, 15) is 9.59 Å². The zero-order chi connectivity index (χ0) is 19.8. The third-order valence-electron chi connectivity index (χ3n) is 5.29. The van der Waals surface area contributed by atoms with Crippen LogP contribution in [0.15, 0.2) is 72.8 Å². The maximum Gasteiger partial charge on any atom is 0.343 e. The van der Waals surface area contributed by atoms with E-state index in [1.165, 1.54) is 0 Å². The van der Waals surface area contributed by atoms with Crippen molar-refractivity contribution in [2.24, 2.45) is 0 Å². The predicted octanol–water partition coefficient (Wildman–Crippen LogP) is 5.03. The first-order valence-electron chi connectivity index (χ1n) is 9.57. The summed E-state index contributed by atoms with van der Waals surface area (Å²) in [6.07, 6.45) is 1.88. The van der Waals surface area contributed by atoms with Gasteiger partial charge in [-0.15, -0.1) is 0 Å². The van der Waals surface area contributed by atoms with Crippen molar-refractivity contribution in [3.8, 4) is 11.5 Å². The molecule has 0 N–H and O–H groups in total. The van der Waals surface area contributed by atoms with Gasteiger partial charge in [-0.1, -0.05) is 36.4 Å². The van der Waals surface area contributed by atoms with Gasteiger partial charge in [-0.2, -0.15) is 0 Å². The maximum atomic E-state index is 12.6. The van der Waals surface area contributed by atoms with Crippen LogP contribution in [0.5, 0.6) is 11.5 Å². The number of hydrogen-bond acceptors (Lipinski definition) is 5. The third-order valence-corrected chi connectivity index (χ3v) is 5.29. The predicted molar refractivity (Wildman–Crippen MR) is 105 cm³/mol. The maximum absolute atomic E-state index is 12.6. The zero-order valence-electron chi connectivity index (χ0n) is 15.5. The molecule has 1 saturated heterocycles. The lowest BCUT2D eigenvalue weighted by molar-refractivity contribution is 0.0682. The quantitative estimate of drug-likeness (QED) is 0.465. The fraction of sp³-hybridized carbons (Fsp3) is 0.167. The number of benzene rings is 3. The molecule has 2 atom stereocenters. The SMILES string of the molecule is O=C(Oc1cc2c(cc1OC(=O)c1ccccc1)C1CCC2O1)c1ccccc1. The average Bonchev–Trinajstić information content (AvgIpc) is 3.37. The average molecular weight is 386 g/mol. The van der Waals surface area contributed by atoms with E-state index in [4.69, 9.17) is 14.2 Å². The number of esters is 2. The van der Waals surface area contributed by atoms with Crippen LogP contribution in [0.25, 0.3) is 0 Å². The van der Waals surface area contributed by atoms with Crippen molar-refractivity contribution in [2.75, 3.05) is 0 Å². The van der Waals surface area contributed by atoms with Gasteiger partial charge in [0.2, 0.25) is 0 Å². The monoisotopic (exact) mass is 386 g/mol. The molecule has 0 spiro atoms. The molecular weight excluding hydrogens is 368 g/mol. The largest absolute Gasteiger partial charge is 0.419 e. The van der Waals surface area contributed by atoms with E-state index < -0.39 is 11.9 Å². The van der Waals surface area contributed by atoms with Crippen LogP contribution in [0, 0.1) is 0 Å². The molecule has 144 valence electrons. The highest BCUT2D eigenvalue weighted by Crippen LogP contribution is 2.53. The van der Waals surface area contributed by atoms with E-state index in [1.807, 2.05) is 12.1 Å². The molecule has 0 radical (unpaired) electrons. The van der Waals surface area contributed by atoms with Crippen molar-refractivity contribution >= 4 is 11.9 Å². The lowest BCUT2D eigenvalue weighted by Gasteiger charge is -2.17. The molecule has 5 rings (SSSR count). The van der Waals surface area contributed by atoms with Gasteiger partial charge < -0.3 is 14.2 Å². The van der Waals surface area contributed by atoms with E-state index >= 15 is 0 Å². The molecule has 3 aromatic carbocycles. The van der Waals surface area contributed by atoms with Crippen LogP contribution in [0.2, 0.25) is 0 Å². The first kappa shape index (κ1) is 17.6. The van der Waals surface area contributed by atoms with Crippen molar-refractivity contribution < 1.29 is 23.8 Å². The summed E-state index contributed by atoms with van der Waals surface area (Å²) in [5, 5.41) is 0. The molecule has 29 heavy (non-hydrogen) atoms. The normalized spacial score (nSPS) is 18.9. The van der Waals surface area contributed by atoms with Crippen molar-refractivity contribution in [3.63, 3.8) is 0 Å². The van der Waals surface area contributed by atoms with Crippen LogP contribution >= 0.6 is 0 Å². The molecule has 0 amide bonds. The molecule has 5 nitrogen and oxygen atoms in total. The van der Waals surface area contributed by atoms with Gasteiger partial charge in [-0.25, -0.2) is 9.59 Å². The summed E-state index contributed by atoms with van der Waals surface area (Å²) in [6.45, 7) is 0. The van der Waals surface area contributed by atoms with Crippen LogP contribution < -0.4 is 9.47 Å². The summed E-state index contributed by atoms with van der Waals surface area (Å²) in [5.74, 6) is -0.575. The number of rotatable bonds is 4. The molecule has 2 heterocycles. The van der Waals surface area contributed by atoms with Crippen molar-refractivity contribution in [2.45, 2.75) is 25.0 Å². The molecule has 2 aliphatic rings. The van der Waals surface area contributed by atoms with Crippen molar-refractivity contribution in [1.82, 2.24) is 0 Å². The summed E-state index contributed by atoms with van der Waals surface area (Å²) >= 11 is 0. The van der Waals surface area contributed by atoms with Gasteiger partial charge in [0.1, 0.15) is 0 Å². The van der Waals surface area contributed by atoms with E-state index in [0.717, 1.165) is 24.0 Å². The zero-order valence-corrected chi connectivity index (χ0v) is 15.5. The minimum atomic E-state index is -0.508. The first-order valence-corrected chi connectivity index (χ1v) is 9.57. The van der Waals surface area contributed by atoms with Crippen LogP contribution in [-0.4, -0.2) is 11.9 Å². The molecule has 5 heteroatoms. The number of hydrogen-bond donors (Lipinski definition) is 0. The summed E-state index contributed by atoms with van der Waals surface area (Å²) in [6, 6.07) is 21.0. The standard InChI is InChI=1S/C24H18O5/c25-23(15-7-3-1-4-8-15)28-21-13-17-18(20-12-11-19(17)27-20)14-22(21)29-24(26)16-9-5-2-6-10-16/h1-10,13-14,19-20H,11-12H2. The van der Waals surface area contributed by atoms with Crippen molar-refractivity contribution in [3.05, 3.63) is 95.1 Å². The smallest absolute Gasteiger partial charge is 0.343 e. The topological polar surface area (TPSA) is 61.8 Å². The Labute approximate surface area is 167 Å². The van der Waals surface area contributed by atoms with Gasteiger partial charge in [0.05, 0.1) is 23.3 Å². The first-order chi connectivity index (χ1) is 14.2. The van der Waals surface area contributed by atoms with Gasteiger partial charge in [0, 0.05) is 0 Å². The summed E-state index contributed by atoms with van der Waals surface area (Å²) in [7, 11) is 0. The molecular formula is C24H18O5. The van der Waals surface area contributed by atoms with Gasteiger partial charge in [-0.05, 0) is 60.4 Å². The van der Waals surface area contributed by atoms with E-state index in [-0.39, 0.29) is 23.7 Å². The molecule has 0 saturated carbocycles. The molecule has 1 fully saturated rings. The fourth-order valence-electron chi connectivity index (χ4n) is 3.87. The highest BCUT2D eigenvalue weighted by molar-refractivity contribution is 5.93. The van der Waals surface area contributed by atoms with Crippen LogP contribution in [0.4, 0.5) is 0 Å². The van der Waals surface area contributed by atoms with E-state index in [2.05, 4.69) is 0 Å². The Morgan fingerprint density at radius 3 is 1.52 bits per heavy atom. The Morgan fingerprint density at radius 1 is 0.690 bits per heavy atom. The van der Waals surface area contributed by atoms with Gasteiger partial charge in [0.15, 0.2) is 11.5 Å². The number of carbonyl (C=O) groups excluding carboxylic acids is 2. The fourth-order valence-corrected chi connectivity index (χ4v) is 3.87. The van der Waals surface area contributed by atoms with Crippen LogP contribution in [0.1, 0.15) is 56.9 Å². The molecule has 0 aromatic heterocycles. The molecule has 0 aliphatic carbocycles. The Hall–Kier alpha value is -3.44. The van der Waals surface area contributed by atoms with E-state index in [0.29, 0.717) is 11.1 Å². The van der Waals surface area contributed by atoms with Crippen molar-refractivity contribution in [1.29, 1.82) is 0 Å².